The first-order chi connectivity index (χ1) is 4.75. The van der Waals surface area contributed by atoms with E-state index in [0.29, 0.717) is 6.61 Å². The molecule has 0 aromatic heterocycles. The van der Waals surface area contributed by atoms with Crippen molar-refractivity contribution in [2.24, 2.45) is 0 Å². The van der Waals surface area contributed by atoms with E-state index in [1.54, 1.807) is 11.8 Å². The number of carbonyl (C=O) groups is 1. The first-order valence-corrected chi connectivity index (χ1v) is 4.30. The van der Waals surface area contributed by atoms with Crippen molar-refractivity contribution in [3.8, 4) is 0 Å². The second kappa shape index (κ2) is 3.30. The van der Waals surface area contributed by atoms with E-state index in [4.69, 9.17) is 11.6 Å². The van der Waals surface area contributed by atoms with Gasteiger partial charge in [-0.25, -0.2) is 4.79 Å². The van der Waals surface area contributed by atoms with Crippen LogP contribution in [0.5, 0.6) is 0 Å². The van der Waals surface area contributed by atoms with Crippen molar-refractivity contribution in [3.63, 3.8) is 0 Å². The molecule has 4 heteroatoms. The van der Waals surface area contributed by atoms with Crippen LogP contribution in [-0.2, 0) is 9.53 Å². The SMILES string of the molecule is CCSC1=C(Cl)C(=O)OC1. The van der Waals surface area contributed by atoms with Gasteiger partial charge in [-0.15, -0.1) is 11.8 Å². The first-order valence-electron chi connectivity index (χ1n) is 2.94. The highest BCUT2D eigenvalue weighted by molar-refractivity contribution is 8.03. The van der Waals surface area contributed by atoms with E-state index in [-0.39, 0.29) is 5.03 Å². The van der Waals surface area contributed by atoms with Crippen molar-refractivity contribution < 1.29 is 9.53 Å². The molecule has 0 spiro atoms. The van der Waals surface area contributed by atoms with Gasteiger partial charge in [-0.1, -0.05) is 18.5 Å². The zero-order valence-electron chi connectivity index (χ0n) is 5.52. The summed E-state index contributed by atoms with van der Waals surface area (Å²) >= 11 is 7.14. The maximum Gasteiger partial charge on any atom is 0.351 e. The highest BCUT2D eigenvalue weighted by Crippen LogP contribution is 2.28. The summed E-state index contributed by atoms with van der Waals surface area (Å²) in [6.07, 6.45) is 0. The van der Waals surface area contributed by atoms with Crippen LogP contribution in [-0.4, -0.2) is 18.3 Å². The second-order valence-electron chi connectivity index (χ2n) is 1.75. The third-order valence-electron chi connectivity index (χ3n) is 1.08. The van der Waals surface area contributed by atoms with Crippen LogP contribution in [0.25, 0.3) is 0 Å². The number of cyclic esters (lactones) is 1. The van der Waals surface area contributed by atoms with Gasteiger partial charge >= 0.3 is 5.97 Å². The summed E-state index contributed by atoms with van der Waals surface area (Å²) < 4.78 is 4.66. The van der Waals surface area contributed by atoms with Crippen LogP contribution in [0.1, 0.15) is 6.92 Å². The van der Waals surface area contributed by atoms with Crippen molar-refractivity contribution in [2.45, 2.75) is 6.92 Å². The average Bonchev–Trinajstić information content (AvgIpc) is 2.20. The van der Waals surface area contributed by atoms with Crippen molar-refractivity contribution in [3.05, 3.63) is 9.94 Å². The molecule has 1 aliphatic rings. The Kier molecular flexibility index (Phi) is 2.63. The highest BCUT2D eigenvalue weighted by atomic mass is 35.5. The number of ether oxygens (including phenoxy) is 1. The molecule has 0 aromatic carbocycles. The largest absolute Gasteiger partial charge is 0.456 e. The topological polar surface area (TPSA) is 26.3 Å². The molecule has 0 aromatic rings. The van der Waals surface area contributed by atoms with Crippen LogP contribution >= 0.6 is 23.4 Å². The zero-order chi connectivity index (χ0) is 7.56. The van der Waals surface area contributed by atoms with Gasteiger partial charge in [-0.05, 0) is 5.75 Å². The lowest BCUT2D eigenvalue weighted by Crippen LogP contribution is -1.93. The lowest BCUT2D eigenvalue weighted by atomic mass is 10.6. The Morgan fingerprint density at radius 1 is 1.80 bits per heavy atom. The highest BCUT2D eigenvalue weighted by Gasteiger charge is 2.22. The molecule has 1 heterocycles. The number of carbonyl (C=O) groups excluding carboxylic acids is 1. The van der Waals surface area contributed by atoms with Gasteiger partial charge < -0.3 is 4.74 Å². The van der Waals surface area contributed by atoms with Gasteiger partial charge in [0, 0.05) is 4.91 Å². The molecule has 0 saturated carbocycles. The van der Waals surface area contributed by atoms with E-state index in [2.05, 4.69) is 4.74 Å². The molecule has 0 fully saturated rings. The molecular formula is C6H7ClO2S. The fraction of sp³-hybridized carbons (Fsp3) is 0.500. The molecule has 1 rings (SSSR count). The van der Waals surface area contributed by atoms with Crippen LogP contribution in [0.15, 0.2) is 9.94 Å². The third-order valence-corrected chi connectivity index (χ3v) is 2.53. The summed E-state index contributed by atoms with van der Waals surface area (Å²) in [5.74, 6) is 0.528. The average molecular weight is 179 g/mol. The fourth-order valence-corrected chi connectivity index (χ4v) is 1.62. The minimum atomic E-state index is -0.391. The maximum atomic E-state index is 10.6. The zero-order valence-corrected chi connectivity index (χ0v) is 7.09. The molecule has 0 N–H and O–H groups in total. The quantitative estimate of drug-likeness (QED) is 0.603. The van der Waals surface area contributed by atoms with Crippen molar-refractivity contribution in [1.82, 2.24) is 0 Å². The number of halogens is 1. The molecule has 0 aliphatic carbocycles. The molecule has 0 amide bonds. The minimum absolute atomic E-state index is 0.256. The van der Waals surface area contributed by atoms with Crippen molar-refractivity contribution in [1.29, 1.82) is 0 Å². The number of thioether (sulfide) groups is 1. The number of hydrogen-bond donors (Lipinski definition) is 0. The molecule has 2 nitrogen and oxygen atoms in total. The van der Waals surface area contributed by atoms with E-state index in [1.807, 2.05) is 6.92 Å². The summed E-state index contributed by atoms with van der Waals surface area (Å²) in [7, 11) is 0. The molecule has 0 bridgehead atoms. The predicted molar refractivity (Wildman–Crippen MR) is 42.0 cm³/mol. The van der Waals surface area contributed by atoms with Crippen molar-refractivity contribution >= 4 is 29.3 Å². The molecule has 0 saturated heterocycles. The Labute approximate surface area is 68.6 Å². The standard InChI is InChI=1S/C6H7ClO2S/c1-2-10-4-3-9-6(8)5(4)7/h2-3H2,1H3. The summed E-state index contributed by atoms with van der Waals surface area (Å²) in [6.45, 7) is 2.36. The smallest absolute Gasteiger partial charge is 0.351 e. The Morgan fingerprint density at radius 2 is 2.50 bits per heavy atom. The Bertz CT molecular complexity index is 188. The van der Waals surface area contributed by atoms with Crippen LogP contribution in [0.3, 0.4) is 0 Å². The summed E-state index contributed by atoms with van der Waals surface area (Å²) in [5.41, 5.74) is 0. The van der Waals surface area contributed by atoms with Gasteiger partial charge in [0.05, 0.1) is 0 Å². The van der Waals surface area contributed by atoms with Gasteiger partial charge in [-0.2, -0.15) is 0 Å². The molecule has 0 unspecified atom stereocenters. The maximum absolute atomic E-state index is 10.6. The normalized spacial score (nSPS) is 18.0. The van der Waals surface area contributed by atoms with E-state index in [9.17, 15) is 4.79 Å². The lowest BCUT2D eigenvalue weighted by Gasteiger charge is -1.93. The summed E-state index contributed by atoms with van der Waals surface area (Å²) in [4.78, 5) is 11.5. The van der Waals surface area contributed by atoms with Gasteiger partial charge in [-0.3, -0.25) is 0 Å². The molecular weight excluding hydrogens is 172 g/mol. The Morgan fingerprint density at radius 3 is 2.90 bits per heavy atom. The predicted octanol–water partition coefficient (Wildman–Crippen LogP) is 1.75. The van der Waals surface area contributed by atoms with Crippen molar-refractivity contribution in [2.75, 3.05) is 12.4 Å². The minimum Gasteiger partial charge on any atom is -0.456 e. The monoisotopic (exact) mass is 178 g/mol. The molecule has 1 aliphatic heterocycles. The second-order valence-corrected chi connectivity index (χ2v) is 3.48. The summed E-state index contributed by atoms with van der Waals surface area (Å²) in [5, 5.41) is 0.256. The molecule has 10 heavy (non-hydrogen) atoms. The molecule has 0 atom stereocenters. The van der Waals surface area contributed by atoms with E-state index >= 15 is 0 Å². The molecule has 56 valence electrons. The fourth-order valence-electron chi connectivity index (χ4n) is 0.651. The van der Waals surface area contributed by atoms with Crippen LogP contribution in [0.2, 0.25) is 0 Å². The van der Waals surface area contributed by atoms with Gasteiger partial charge in [0.25, 0.3) is 0 Å². The number of esters is 1. The number of hydrogen-bond acceptors (Lipinski definition) is 3. The Hall–Kier alpha value is -0.150. The third kappa shape index (κ3) is 1.47. The van der Waals surface area contributed by atoms with Crippen LogP contribution in [0, 0.1) is 0 Å². The first kappa shape index (κ1) is 7.95. The van der Waals surface area contributed by atoms with Crippen LogP contribution < -0.4 is 0 Å². The van der Waals surface area contributed by atoms with E-state index in [0.717, 1.165) is 10.7 Å². The van der Waals surface area contributed by atoms with Gasteiger partial charge in [0.2, 0.25) is 0 Å². The summed E-state index contributed by atoms with van der Waals surface area (Å²) in [6, 6.07) is 0. The Balaban J connectivity index is 2.65. The van der Waals surface area contributed by atoms with E-state index in [1.165, 1.54) is 0 Å². The van der Waals surface area contributed by atoms with Crippen LogP contribution in [0.4, 0.5) is 0 Å². The van der Waals surface area contributed by atoms with Gasteiger partial charge in [0.1, 0.15) is 11.6 Å². The number of rotatable bonds is 2. The van der Waals surface area contributed by atoms with Gasteiger partial charge in [0.15, 0.2) is 0 Å². The lowest BCUT2D eigenvalue weighted by molar-refractivity contribution is -0.135. The molecule has 0 radical (unpaired) electrons. The van der Waals surface area contributed by atoms with E-state index < -0.39 is 5.97 Å².